The normalized spacial score (nSPS) is 10.5. The van der Waals surface area contributed by atoms with Crippen LogP contribution in [0.4, 0.5) is 5.69 Å². The van der Waals surface area contributed by atoms with Gasteiger partial charge in [0.2, 0.25) is 5.91 Å². The van der Waals surface area contributed by atoms with Crippen LogP contribution in [0.2, 0.25) is 0 Å². The molecule has 1 aromatic rings. The van der Waals surface area contributed by atoms with Gasteiger partial charge in [-0.25, -0.2) is 0 Å². The molecule has 0 bridgehead atoms. The van der Waals surface area contributed by atoms with E-state index in [4.69, 9.17) is 4.74 Å². The summed E-state index contributed by atoms with van der Waals surface area (Å²) in [4.78, 5) is 24.0. The van der Waals surface area contributed by atoms with Crippen LogP contribution in [0.15, 0.2) is 24.3 Å². The lowest BCUT2D eigenvalue weighted by Crippen LogP contribution is -2.32. The van der Waals surface area contributed by atoms with Crippen molar-refractivity contribution in [3.05, 3.63) is 29.8 Å². The number of methoxy groups -OCH3 is 1. The molecule has 2 amide bonds. The lowest BCUT2D eigenvalue weighted by Gasteiger charge is -2.12. The molecule has 0 heterocycles. The van der Waals surface area contributed by atoms with Crippen molar-refractivity contribution in [2.45, 2.75) is 13.8 Å². The molecule has 22 heavy (non-hydrogen) atoms. The van der Waals surface area contributed by atoms with Gasteiger partial charge in [0.25, 0.3) is 5.91 Å². The van der Waals surface area contributed by atoms with Crippen LogP contribution < -0.4 is 16.0 Å². The maximum absolute atomic E-state index is 12.2. The number of nitrogens with one attached hydrogen (secondary N) is 3. The Balaban J connectivity index is 2.59. The minimum absolute atomic E-state index is 0.172. The van der Waals surface area contributed by atoms with Gasteiger partial charge < -0.3 is 20.7 Å². The summed E-state index contributed by atoms with van der Waals surface area (Å²) in [6.45, 7) is 5.96. The van der Waals surface area contributed by atoms with E-state index in [1.54, 1.807) is 31.4 Å². The molecule has 0 fully saturated rings. The maximum Gasteiger partial charge on any atom is 0.253 e. The van der Waals surface area contributed by atoms with Crippen LogP contribution in [-0.4, -0.2) is 45.2 Å². The first-order valence-electron chi connectivity index (χ1n) is 7.41. The SMILES string of the molecule is COCCNCC(=O)Nc1ccccc1C(=O)NCC(C)C. The number of anilines is 1. The van der Waals surface area contributed by atoms with Crippen molar-refractivity contribution in [1.82, 2.24) is 10.6 Å². The van der Waals surface area contributed by atoms with E-state index in [1.165, 1.54) is 0 Å². The quantitative estimate of drug-likeness (QED) is 0.600. The van der Waals surface area contributed by atoms with Gasteiger partial charge in [-0.2, -0.15) is 0 Å². The third-order valence-corrected chi connectivity index (χ3v) is 2.89. The second kappa shape index (κ2) is 9.92. The molecular weight excluding hydrogens is 282 g/mol. The van der Waals surface area contributed by atoms with Crippen LogP contribution in [0.1, 0.15) is 24.2 Å². The molecule has 1 rings (SSSR count). The Morgan fingerprint density at radius 2 is 1.95 bits per heavy atom. The van der Waals surface area contributed by atoms with Gasteiger partial charge in [0, 0.05) is 20.2 Å². The van der Waals surface area contributed by atoms with Gasteiger partial charge in [0.1, 0.15) is 0 Å². The zero-order chi connectivity index (χ0) is 16.4. The van der Waals surface area contributed by atoms with Gasteiger partial charge in [0.05, 0.1) is 24.4 Å². The first-order valence-corrected chi connectivity index (χ1v) is 7.41. The van der Waals surface area contributed by atoms with Crippen LogP contribution in [0, 0.1) is 5.92 Å². The van der Waals surface area contributed by atoms with Crippen molar-refractivity contribution in [3.63, 3.8) is 0 Å². The zero-order valence-corrected chi connectivity index (χ0v) is 13.4. The van der Waals surface area contributed by atoms with Gasteiger partial charge in [-0.1, -0.05) is 26.0 Å². The van der Waals surface area contributed by atoms with Crippen molar-refractivity contribution in [3.8, 4) is 0 Å². The Morgan fingerprint density at radius 3 is 2.64 bits per heavy atom. The van der Waals surface area contributed by atoms with E-state index in [1.807, 2.05) is 13.8 Å². The number of ether oxygens (including phenoxy) is 1. The van der Waals surface area contributed by atoms with E-state index < -0.39 is 0 Å². The van der Waals surface area contributed by atoms with Crippen molar-refractivity contribution in [2.75, 3.05) is 38.7 Å². The monoisotopic (exact) mass is 307 g/mol. The molecule has 0 aliphatic carbocycles. The lowest BCUT2D eigenvalue weighted by atomic mass is 10.1. The highest BCUT2D eigenvalue weighted by Crippen LogP contribution is 2.14. The molecule has 6 heteroatoms. The number of carbonyl (C=O) groups excluding carboxylic acids is 2. The number of hydrogen-bond donors (Lipinski definition) is 3. The summed E-state index contributed by atoms with van der Waals surface area (Å²) in [6, 6.07) is 6.98. The van der Waals surface area contributed by atoms with E-state index >= 15 is 0 Å². The van der Waals surface area contributed by atoms with Crippen molar-refractivity contribution in [2.24, 2.45) is 5.92 Å². The van der Waals surface area contributed by atoms with E-state index in [9.17, 15) is 9.59 Å². The molecule has 1 aromatic carbocycles. The van der Waals surface area contributed by atoms with E-state index in [2.05, 4.69) is 16.0 Å². The van der Waals surface area contributed by atoms with Gasteiger partial charge in [-0.3, -0.25) is 9.59 Å². The number of benzene rings is 1. The molecule has 0 saturated heterocycles. The summed E-state index contributed by atoms with van der Waals surface area (Å²) in [5.41, 5.74) is 0.982. The van der Waals surface area contributed by atoms with E-state index in [0.29, 0.717) is 36.9 Å². The molecule has 0 aromatic heterocycles. The number of carbonyl (C=O) groups is 2. The predicted octanol–water partition coefficient (Wildman–Crippen LogP) is 1.25. The Kier molecular flexibility index (Phi) is 8.17. The topological polar surface area (TPSA) is 79.5 Å². The molecule has 0 spiro atoms. The number of rotatable bonds is 9. The summed E-state index contributed by atoms with van der Waals surface area (Å²) < 4.78 is 4.89. The average molecular weight is 307 g/mol. The summed E-state index contributed by atoms with van der Waals surface area (Å²) in [7, 11) is 1.60. The molecule has 3 N–H and O–H groups in total. The molecule has 0 unspecified atom stereocenters. The number of amides is 2. The molecule has 0 aliphatic heterocycles. The fourth-order valence-corrected chi connectivity index (χ4v) is 1.75. The molecule has 122 valence electrons. The lowest BCUT2D eigenvalue weighted by molar-refractivity contribution is -0.115. The molecule has 6 nitrogen and oxygen atoms in total. The van der Waals surface area contributed by atoms with Crippen LogP contribution in [0.25, 0.3) is 0 Å². The van der Waals surface area contributed by atoms with Crippen LogP contribution in [0.5, 0.6) is 0 Å². The average Bonchev–Trinajstić information content (AvgIpc) is 2.49. The number of para-hydroxylation sites is 1. The minimum atomic E-state index is -0.194. The molecule has 0 saturated carbocycles. The van der Waals surface area contributed by atoms with Gasteiger partial charge >= 0.3 is 0 Å². The largest absolute Gasteiger partial charge is 0.383 e. The predicted molar refractivity (Wildman–Crippen MR) is 87.0 cm³/mol. The Morgan fingerprint density at radius 1 is 1.23 bits per heavy atom. The highest BCUT2D eigenvalue weighted by Gasteiger charge is 2.12. The van der Waals surface area contributed by atoms with Crippen molar-refractivity contribution < 1.29 is 14.3 Å². The first-order chi connectivity index (χ1) is 10.5. The minimum Gasteiger partial charge on any atom is -0.383 e. The second-order valence-corrected chi connectivity index (χ2v) is 5.37. The fourth-order valence-electron chi connectivity index (χ4n) is 1.75. The molecular formula is C16H25N3O3. The maximum atomic E-state index is 12.2. The van der Waals surface area contributed by atoms with Crippen LogP contribution in [0.3, 0.4) is 0 Å². The number of hydrogen-bond acceptors (Lipinski definition) is 4. The Bertz CT molecular complexity index is 489. The molecule has 0 atom stereocenters. The molecule has 0 radical (unpaired) electrons. The standard InChI is InChI=1S/C16H25N3O3/c1-12(2)10-18-16(21)13-6-4-5-7-14(13)19-15(20)11-17-8-9-22-3/h4-7,12,17H,8-11H2,1-3H3,(H,18,21)(H,19,20). The molecule has 0 aliphatic rings. The summed E-state index contributed by atoms with van der Waals surface area (Å²) in [6.07, 6.45) is 0. The van der Waals surface area contributed by atoms with Gasteiger partial charge in [-0.05, 0) is 18.1 Å². The smallest absolute Gasteiger partial charge is 0.253 e. The Labute approximate surface area is 131 Å². The Hall–Kier alpha value is -1.92. The van der Waals surface area contributed by atoms with Gasteiger partial charge in [0.15, 0.2) is 0 Å². The van der Waals surface area contributed by atoms with E-state index in [0.717, 1.165) is 0 Å². The van der Waals surface area contributed by atoms with Crippen LogP contribution >= 0.6 is 0 Å². The van der Waals surface area contributed by atoms with Crippen molar-refractivity contribution in [1.29, 1.82) is 0 Å². The summed E-state index contributed by atoms with van der Waals surface area (Å²) in [5.74, 6) is -0.00663. The van der Waals surface area contributed by atoms with Crippen molar-refractivity contribution >= 4 is 17.5 Å². The second-order valence-electron chi connectivity index (χ2n) is 5.37. The van der Waals surface area contributed by atoms with Gasteiger partial charge in [-0.15, -0.1) is 0 Å². The third-order valence-electron chi connectivity index (χ3n) is 2.89. The van der Waals surface area contributed by atoms with E-state index in [-0.39, 0.29) is 18.4 Å². The van der Waals surface area contributed by atoms with Crippen LogP contribution in [-0.2, 0) is 9.53 Å². The highest BCUT2D eigenvalue weighted by atomic mass is 16.5. The fraction of sp³-hybridized carbons (Fsp3) is 0.500. The summed E-state index contributed by atoms with van der Waals surface area (Å²) in [5, 5.41) is 8.56. The summed E-state index contributed by atoms with van der Waals surface area (Å²) >= 11 is 0. The highest BCUT2D eigenvalue weighted by molar-refractivity contribution is 6.04. The first kappa shape index (κ1) is 18.1. The third kappa shape index (κ3) is 6.69. The zero-order valence-electron chi connectivity index (χ0n) is 13.4.